The molecule has 132 valence electrons. The average Bonchev–Trinajstić information content (AvgIpc) is 2.57. The maximum Gasteiger partial charge on any atom is 0.255 e. The van der Waals surface area contributed by atoms with E-state index in [2.05, 4.69) is 10.6 Å². The molecule has 4 N–H and O–H groups in total. The number of amides is 2. The number of hydrogen-bond acceptors (Lipinski definition) is 3. The van der Waals surface area contributed by atoms with E-state index in [0.29, 0.717) is 28.4 Å². The Bertz CT molecular complexity index is 740. The van der Waals surface area contributed by atoms with E-state index in [-0.39, 0.29) is 11.8 Å². The summed E-state index contributed by atoms with van der Waals surface area (Å²) >= 11 is 5.81. The molecule has 0 fully saturated rings. The number of nitrogens with two attached hydrogens (primary N) is 1. The monoisotopic (exact) mass is 359 g/mol. The molecule has 0 bridgehead atoms. The van der Waals surface area contributed by atoms with Crippen LogP contribution in [0.4, 0.5) is 11.4 Å². The lowest BCUT2D eigenvalue weighted by atomic mass is 9.96. The number of carbonyl (C=O) groups is 2. The number of anilines is 2. The minimum atomic E-state index is -0.907. The van der Waals surface area contributed by atoms with Gasteiger partial charge in [-0.15, -0.1) is 0 Å². The zero-order chi connectivity index (χ0) is 18.4. The van der Waals surface area contributed by atoms with Gasteiger partial charge in [-0.05, 0) is 61.9 Å². The quantitative estimate of drug-likeness (QED) is 0.727. The molecule has 2 aromatic rings. The Balaban J connectivity index is 1.99. The summed E-state index contributed by atoms with van der Waals surface area (Å²) < 4.78 is 0. The van der Waals surface area contributed by atoms with E-state index in [1.54, 1.807) is 55.5 Å². The summed E-state index contributed by atoms with van der Waals surface area (Å²) in [5.41, 5.74) is 6.87. The van der Waals surface area contributed by atoms with Crippen LogP contribution in [0.2, 0.25) is 5.02 Å². The van der Waals surface area contributed by atoms with Crippen LogP contribution in [-0.2, 0) is 4.79 Å². The summed E-state index contributed by atoms with van der Waals surface area (Å²) in [5, 5.41) is 6.16. The van der Waals surface area contributed by atoms with Crippen LogP contribution in [0.15, 0.2) is 48.5 Å². The van der Waals surface area contributed by atoms with Crippen LogP contribution in [0.5, 0.6) is 0 Å². The van der Waals surface area contributed by atoms with Crippen molar-refractivity contribution in [2.75, 3.05) is 10.6 Å². The summed E-state index contributed by atoms with van der Waals surface area (Å²) in [5.74, 6) is -0.460. The fourth-order valence-corrected chi connectivity index (χ4v) is 2.47. The highest BCUT2D eigenvalue weighted by Gasteiger charge is 2.27. The first-order chi connectivity index (χ1) is 11.8. The first kappa shape index (κ1) is 19.0. The lowest BCUT2D eigenvalue weighted by molar-refractivity contribution is -0.120. The summed E-state index contributed by atoms with van der Waals surface area (Å²) in [6, 6.07) is 13.5. The second-order valence-electron chi connectivity index (χ2n) is 6.16. The third-order valence-corrected chi connectivity index (χ3v) is 4.05. The summed E-state index contributed by atoms with van der Waals surface area (Å²) in [4.78, 5) is 24.3. The highest BCUT2D eigenvalue weighted by atomic mass is 35.5. The summed E-state index contributed by atoms with van der Waals surface area (Å²) in [6.45, 7) is 3.70. The van der Waals surface area contributed by atoms with Gasteiger partial charge in [0.1, 0.15) is 0 Å². The highest BCUT2D eigenvalue weighted by molar-refractivity contribution is 6.30. The van der Waals surface area contributed by atoms with Crippen molar-refractivity contribution >= 4 is 34.8 Å². The molecular weight excluding hydrogens is 338 g/mol. The molecule has 0 heterocycles. The first-order valence-corrected chi connectivity index (χ1v) is 8.47. The highest BCUT2D eigenvalue weighted by Crippen LogP contribution is 2.18. The second-order valence-corrected chi connectivity index (χ2v) is 6.60. The third kappa shape index (κ3) is 5.31. The molecule has 25 heavy (non-hydrogen) atoms. The Labute approximate surface area is 152 Å². The van der Waals surface area contributed by atoms with Crippen LogP contribution in [0.25, 0.3) is 0 Å². The van der Waals surface area contributed by atoms with E-state index < -0.39 is 5.54 Å². The smallest absolute Gasteiger partial charge is 0.255 e. The Morgan fingerprint density at radius 1 is 1.00 bits per heavy atom. The van der Waals surface area contributed by atoms with Crippen LogP contribution in [0.3, 0.4) is 0 Å². The Kier molecular flexibility index (Phi) is 6.17. The molecule has 0 aliphatic heterocycles. The molecule has 2 aromatic carbocycles. The van der Waals surface area contributed by atoms with Crippen LogP contribution in [-0.4, -0.2) is 17.4 Å². The van der Waals surface area contributed by atoms with Crippen LogP contribution < -0.4 is 16.4 Å². The van der Waals surface area contributed by atoms with Gasteiger partial charge >= 0.3 is 0 Å². The van der Waals surface area contributed by atoms with Gasteiger partial charge in [0.25, 0.3) is 5.91 Å². The maximum absolute atomic E-state index is 12.2. The SMILES string of the molecule is CCCC(C)(N)C(=O)Nc1ccc(NC(=O)c2ccc(Cl)cc2)cc1. The number of carbonyl (C=O) groups excluding carboxylic acids is 2. The molecule has 2 rings (SSSR count). The molecular formula is C19H22ClN3O2. The normalized spacial score (nSPS) is 13.0. The van der Waals surface area contributed by atoms with E-state index in [4.69, 9.17) is 17.3 Å². The van der Waals surface area contributed by atoms with Gasteiger partial charge in [-0.2, -0.15) is 0 Å². The topological polar surface area (TPSA) is 84.2 Å². The molecule has 2 amide bonds. The zero-order valence-corrected chi connectivity index (χ0v) is 15.1. The van der Waals surface area contributed by atoms with Crippen molar-refractivity contribution in [3.05, 3.63) is 59.1 Å². The minimum absolute atomic E-state index is 0.229. The molecule has 0 spiro atoms. The summed E-state index contributed by atoms with van der Waals surface area (Å²) in [7, 11) is 0. The minimum Gasteiger partial charge on any atom is -0.325 e. The number of benzene rings is 2. The van der Waals surface area contributed by atoms with E-state index >= 15 is 0 Å². The van der Waals surface area contributed by atoms with Crippen molar-refractivity contribution in [1.82, 2.24) is 0 Å². The van der Waals surface area contributed by atoms with E-state index in [1.807, 2.05) is 6.92 Å². The Morgan fingerprint density at radius 2 is 1.52 bits per heavy atom. The van der Waals surface area contributed by atoms with Gasteiger partial charge in [0.05, 0.1) is 5.54 Å². The maximum atomic E-state index is 12.2. The average molecular weight is 360 g/mol. The standard InChI is InChI=1S/C19H22ClN3O2/c1-3-12-19(2,21)18(25)23-16-10-8-15(9-11-16)22-17(24)13-4-6-14(20)7-5-13/h4-11H,3,12,21H2,1-2H3,(H,22,24)(H,23,25). The van der Waals surface area contributed by atoms with Crippen molar-refractivity contribution in [2.24, 2.45) is 5.73 Å². The molecule has 0 radical (unpaired) electrons. The van der Waals surface area contributed by atoms with Crippen molar-refractivity contribution in [3.8, 4) is 0 Å². The summed E-state index contributed by atoms with van der Waals surface area (Å²) in [6.07, 6.45) is 1.43. The predicted molar refractivity (Wildman–Crippen MR) is 102 cm³/mol. The fourth-order valence-electron chi connectivity index (χ4n) is 2.35. The Hall–Kier alpha value is -2.37. The van der Waals surface area contributed by atoms with Crippen molar-refractivity contribution in [2.45, 2.75) is 32.2 Å². The molecule has 1 unspecified atom stereocenters. The van der Waals surface area contributed by atoms with Gasteiger partial charge in [0.15, 0.2) is 0 Å². The van der Waals surface area contributed by atoms with Gasteiger partial charge in [-0.25, -0.2) is 0 Å². The van der Waals surface area contributed by atoms with E-state index in [1.165, 1.54) is 0 Å². The third-order valence-electron chi connectivity index (χ3n) is 3.80. The van der Waals surface area contributed by atoms with Gasteiger partial charge in [-0.3, -0.25) is 9.59 Å². The van der Waals surface area contributed by atoms with Crippen LogP contribution >= 0.6 is 11.6 Å². The number of nitrogens with one attached hydrogen (secondary N) is 2. The van der Waals surface area contributed by atoms with Gasteiger partial charge in [0.2, 0.25) is 5.91 Å². The molecule has 0 saturated heterocycles. The number of halogens is 1. The van der Waals surface area contributed by atoms with Crippen LogP contribution in [0.1, 0.15) is 37.0 Å². The second kappa shape index (κ2) is 8.14. The van der Waals surface area contributed by atoms with Crippen molar-refractivity contribution in [3.63, 3.8) is 0 Å². The molecule has 0 aliphatic carbocycles. The molecule has 6 heteroatoms. The molecule has 5 nitrogen and oxygen atoms in total. The van der Waals surface area contributed by atoms with Gasteiger partial charge in [0, 0.05) is 22.0 Å². The molecule has 0 saturated carbocycles. The van der Waals surface area contributed by atoms with Crippen LogP contribution in [0, 0.1) is 0 Å². The molecule has 0 aromatic heterocycles. The van der Waals surface area contributed by atoms with Gasteiger partial charge in [-0.1, -0.05) is 24.9 Å². The predicted octanol–water partition coefficient (Wildman–Crippen LogP) is 4.05. The first-order valence-electron chi connectivity index (χ1n) is 8.09. The van der Waals surface area contributed by atoms with Crippen molar-refractivity contribution in [1.29, 1.82) is 0 Å². The van der Waals surface area contributed by atoms with Crippen molar-refractivity contribution < 1.29 is 9.59 Å². The van der Waals surface area contributed by atoms with E-state index in [0.717, 1.165) is 6.42 Å². The fraction of sp³-hybridized carbons (Fsp3) is 0.263. The Morgan fingerprint density at radius 3 is 2.04 bits per heavy atom. The zero-order valence-electron chi connectivity index (χ0n) is 14.3. The molecule has 0 aliphatic rings. The largest absolute Gasteiger partial charge is 0.325 e. The lowest BCUT2D eigenvalue weighted by Crippen LogP contribution is -2.48. The molecule has 1 atom stereocenters. The number of rotatable bonds is 6. The lowest BCUT2D eigenvalue weighted by Gasteiger charge is -2.22. The number of hydrogen-bond donors (Lipinski definition) is 3. The van der Waals surface area contributed by atoms with Gasteiger partial charge < -0.3 is 16.4 Å². The van der Waals surface area contributed by atoms with E-state index in [9.17, 15) is 9.59 Å².